The Morgan fingerprint density at radius 1 is 1.21 bits per heavy atom. The van der Waals surface area contributed by atoms with Crippen LogP contribution in [0.5, 0.6) is 0 Å². The van der Waals surface area contributed by atoms with Crippen molar-refractivity contribution in [2.24, 2.45) is 0 Å². The number of piperidine rings is 1. The Balaban J connectivity index is 1.26. The van der Waals surface area contributed by atoms with Crippen LogP contribution in [0.3, 0.4) is 0 Å². The summed E-state index contributed by atoms with van der Waals surface area (Å²) in [6.45, 7) is 2.68. The van der Waals surface area contributed by atoms with Gasteiger partial charge in [0.1, 0.15) is 11.9 Å². The predicted octanol–water partition coefficient (Wildman–Crippen LogP) is -0.135. The second kappa shape index (κ2) is 6.96. The first-order chi connectivity index (χ1) is 14.1. The molecule has 1 aromatic carbocycles. The average molecular weight is 395 g/mol. The summed E-state index contributed by atoms with van der Waals surface area (Å²) in [5.74, 6) is 0.931. The summed E-state index contributed by atoms with van der Waals surface area (Å²) >= 11 is 0. The zero-order valence-corrected chi connectivity index (χ0v) is 15.7. The van der Waals surface area contributed by atoms with E-state index in [0.717, 1.165) is 30.0 Å². The number of hydrogen-bond donors (Lipinski definition) is 4. The van der Waals surface area contributed by atoms with Crippen LogP contribution in [-0.2, 0) is 22.7 Å². The first-order valence-corrected chi connectivity index (χ1v) is 9.72. The van der Waals surface area contributed by atoms with Gasteiger partial charge in [-0.15, -0.1) is 5.10 Å². The maximum Gasteiger partial charge on any atom is 0.255 e. The van der Waals surface area contributed by atoms with Gasteiger partial charge in [0.25, 0.3) is 5.91 Å². The molecule has 3 aliphatic heterocycles. The van der Waals surface area contributed by atoms with Crippen LogP contribution in [0.2, 0.25) is 0 Å². The summed E-state index contributed by atoms with van der Waals surface area (Å²) in [6, 6.07) is 5.12. The molecule has 5 rings (SSSR count). The lowest BCUT2D eigenvalue weighted by atomic mass is 10.0. The second-order valence-corrected chi connectivity index (χ2v) is 7.64. The molecule has 0 radical (unpaired) electrons. The fourth-order valence-corrected chi connectivity index (χ4v) is 3.91. The van der Waals surface area contributed by atoms with E-state index in [1.54, 1.807) is 4.90 Å². The summed E-state index contributed by atoms with van der Waals surface area (Å²) in [5.41, 5.74) is 2.42. The number of imide groups is 1. The fourth-order valence-electron chi connectivity index (χ4n) is 3.91. The van der Waals surface area contributed by atoms with Crippen molar-refractivity contribution in [2.75, 3.05) is 18.4 Å². The molecule has 10 heteroatoms. The quantitative estimate of drug-likeness (QED) is 0.518. The normalized spacial score (nSPS) is 21.7. The first-order valence-electron chi connectivity index (χ1n) is 9.72. The van der Waals surface area contributed by atoms with Crippen molar-refractivity contribution in [1.82, 2.24) is 30.7 Å². The van der Waals surface area contributed by atoms with E-state index in [1.165, 1.54) is 0 Å². The number of rotatable bonds is 5. The molecule has 4 heterocycles. The molecule has 0 bridgehead atoms. The van der Waals surface area contributed by atoms with Crippen LogP contribution in [0.4, 0.5) is 5.95 Å². The second-order valence-electron chi connectivity index (χ2n) is 7.64. The molecule has 29 heavy (non-hydrogen) atoms. The third kappa shape index (κ3) is 3.25. The zero-order valence-electron chi connectivity index (χ0n) is 15.7. The van der Waals surface area contributed by atoms with Crippen molar-refractivity contribution < 1.29 is 14.4 Å². The highest BCUT2D eigenvalue weighted by atomic mass is 16.2. The summed E-state index contributed by atoms with van der Waals surface area (Å²) < 4.78 is 0. The average Bonchev–Trinajstić information content (AvgIpc) is 3.24. The number of H-pyrrole nitrogens is 1. The van der Waals surface area contributed by atoms with Gasteiger partial charge in [-0.2, -0.15) is 4.98 Å². The monoisotopic (exact) mass is 395 g/mol. The summed E-state index contributed by atoms with van der Waals surface area (Å²) in [6.07, 6.45) is 0.615. The molecule has 2 aromatic rings. The van der Waals surface area contributed by atoms with E-state index in [0.29, 0.717) is 36.9 Å². The van der Waals surface area contributed by atoms with E-state index in [9.17, 15) is 14.4 Å². The predicted molar refractivity (Wildman–Crippen MR) is 102 cm³/mol. The maximum absolute atomic E-state index is 12.9. The van der Waals surface area contributed by atoms with Crippen LogP contribution in [-0.4, -0.2) is 56.9 Å². The molecule has 0 saturated carbocycles. The Bertz CT molecular complexity index is 997. The summed E-state index contributed by atoms with van der Waals surface area (Å²) in [5, 5.41) is 15.8. The Kier molecular flexibility index (Phi) is 4.27. The molecule has 4 N–H and O–H groups in total. The number of nitrogens with one attached hydrogen (secondary N) is 4. The number of amides is 3. The first kappa shape index (κ1) is 17.8. The number of benzene rings is 1. The molecule has 150 valence electrons. The van der Waals surface area contributed by atoms with Crippen LogP contribution < -0.4 is 16.0 Å². The van der Waals surface area contributed by atoms with Crippen molar-refractivity contribution in [2.45, 2.75) is 37.9 Å². The number of anilines is 1. The highest BCUT2D eigenvalue weighted by Gasteiger charge is 2.39. The molecular formula is C19H21N7O3. The molecule has 1 unspecified atom stereocenters. The lowest BCUT2D eigenvalue weighted by Crippen LogP contribution is -2.52. The van der Waals surface area contributed by atoms with E-state index >= 15 is 0 Å². The van der Waals surface area contributed by atoms with Crippen LogP contribution in [0, 0.1) is 0 Å². The molecular weight excluding hydrogens is 374 g/mol. The van der Waals surface area contributed by atoms with Crippen molar-refractivity contribution in [3.8, 4) is 0 Å². The van der Waals surface area contributed by atoms with E-state index < -0.39 is 11.9 Å². The number of carbonyl (C=O) groups is 3. The van der Waals surface area contributed by atoms with E-state index in [-0.39, 0.29) is 18.2 Å². The summed E-state index contributed by atoms with van der Waals surface area (Å²) in [4.78, 5) is 42.4. The SMILES string of the molecule is O=C1CCC(N2Cc3ccc(CNc4n[nH]c(C5CNC5)n4)cc3C2=O)C(=O)N1. The number of fused-ring (bicyclic) bond motifs is 1. The van der Waals surface area contributed by atoms with Gasteiger partial charge in [-0.05, 0) is 23.6 Å². The Hall–Kier alpha value is -3.27. The van der Waals surface area contributed by atoms with Crippen molar-refractivity contribution >= 4 is 23.7 Å². The van der Waals surface area contributed by atoms with Gasteiger partial charge in [0.05, 0.1) is 0 Å². The van der Waals surface area contributed by atoms with Crippen molar-refractivity contribution in [3.63, 3.8) is 0 Å². The third-order valence-corrected chi connectivity index (χ3v) is 5.71. The van der Waals surface area contributed by atoms with Crippen LogP contribution in [0.15, 0.2) is 18.2 Å². The van der Waals surface area contributed by atoms with Gasteiger partial charge >= 0.3 is 0 Å². The van der Waals surface area contributed by atoms with Crippen molar-refractivity contribution in [1.29, 1.82) is 0 Å². The highest BCUT2D eigenvalue weighted by Crippen LogP contribution is 2.28. The van der Waals surface area contributed by atoms with Gasteiger partial charge in [0.15, 0.2) is 0 Å². The van der Waals surface area contributed by atoms with Crippen LogP contribution in [0.25, 0.3) is 0 Å². The van der Waals surface area contributed by atoms with E-state index in [1.807, 2.05) is 18.2 Å². The zero-order chi connectivity index (χ0) is 20.0. The lowest BCUT2D eigenvalue weighted by Gasteiger charge is -2.29. The van der Waals surface area contributed by atoms with Gasteiger partial charge in [-0.25, -0.2) is 0 Å². The molecule has 10 nitrogen and oxygen atoms in total. The number of hydrogen-bond acceptors (Lipinski definition) is 7. The standard InChI is InChI=1S/C19H21N7O3/c27-15-4-3-14(17(28)22-15)26-9-11-2-1-10(5-13(11)18(26)29)6-21-19-23-16(24-25-19)12-7-20-8-12/h1-2,5,12,14,20H,3-4,6-9H2,(H,22,27,28)(H2,21,23,24,25). The van der Waals surface area contributed by atoms with Gasteiger partial charge in [-0.3, -0.25) is 24.8 Å². The molecule has 2 saturated heterocycles. The topological polar surface area (TPSA) is 132 Å². The van der Waals surface area contributed by atoms with Crippen LogP contribution >= 0.6 is 0 Å². The number of aromatic amines is 1. The fraction of sp³-hybridized carbons (Fsp3) is 0.421. The number of nitrogens with zero attached hydrogens (tertiary/aromatic N) is 3. The van der Waals surface area contributed by atoms with E-state index in [2.05, 4.69) is 31.1 Å². The Morgan fingerprint density at radius 3 is 2.83 bits per heavy atom. The van der Waals surface area contributed by atoms with Gasteiger partial charge < -0.3 is 15.5 Å². The highest BCUT2D eigenvalue weighted by molar-refractivity contribution is 6.05. The van der Waals surface area contributed by atoms with Crippen molar-refractivity contribution in [3.05, 3.63) is 40.7 Å². The van der Waals surface area contributed by atoms with Gasteiger partial charge in [-0.1, -0.05) is 12.1 Å². The molecule has 3 amide bonds. The number of carbonyl (C=O) groups excluding carboxylic acids is 3. The minimum atomic E-state index is -0.596. The minimum Gasteiger partial charge on any atom is -0.349 e. The molecule has 1 aromatic heterocycles. The molecule has 0 spiro atoms. The molecule has 3 aliphatic rings. The Morgan fingerprint density at radius 2 is 2.07 bits per heavy atom. The van der Waals surface area contributed by atoms with E-state index in [4.69, 9.17) is 0 Å². The van der Waals surface area contributed by atoms with Gasteiger partial charge in [0, 0.05) is 44.1 Å². The molecule has 1 atom stereocenters. The maximum atomic E-state index is 12.9. The lowest BCUT2D eigenvalue weighted by molar-refractivity contribution is -0.136. The largest absolute Gasteiger partial charge is 0.349 e. The molecule has 2 fully saturated rings. The third-order valence-electron chi connectivity index (χ3n) is 5.71. The Labute approximate surface area is 166 Å². The van der Waals surface area contributed by atoms with Gasteiger partial charge in [0.2, 0.25) is 17.8 Å². The molecule has 0 aliphatic carbocycles. The van der Waals surface area contributed by atoms with Crippen LogP contribution in [0.1, 0.15) is 46.1 Å². The summed E-state index contributed by atoms with van der Waals surface area (Å²) in [7, 11) is 0. The number of aromatic nitrogens is 3. The minimum absolute atomic E-state index is 0.172. The smallest absolute Gasteiger partial charge is 0.255 e.